The van der Waals surface area contributed by atoms with Gasteiger partial charge in [-0.3, -0.25) is 9.36 Å². The largest absolute Gasteiger partial charge is 0.466 e. The summed E-state index contributed by atoms with van der Waals surface area (Å²) in [5.41, 5.74) is 0. The first-order chi connectivity index (χ1) is 7.08. The molecule has 0 aliphatic heterocycles. The summed E-state index contributed by atoms with van der Waals surface area (Å²) in [7, 11) is -3.02. The maximum absolute atomic E-state index is 12.0. The van der Waals surface area contributed by atoms with Gasteiger partial charge in [-0.05, 0) is 20.8 Å². The molecule has 0 aromatic carbocycles. The van der Waals surface area contributed by atoms with Gasteiger partial charge in [0.25, 0.3) is 0 Å². The number of carbonyl (C=O) groups is 1. The Kier molecular flexibility index (Phi) is 7.65. The molecule has 0 aliphatic carbocycles. The number of ether oxygens (including phenoxy) is 2. The lowest BCUT2D eigenvalue weighted by molar-refractivity contribution is -0.140. The van der Waals surface area contributed by atoms with Gasteiger partial charge in [0, 0.05) is 6.61 Å². The lowest BCUT2D eigenvalue weighted by Crippen LogP contribution is -2.14. The molecule has 0 aromatic rings. The topological polar surface area (TPSA) is 61.8 Å². The van der Waals surface area contributed by atoms with Gasteiger partial charge in [-0.25, -0.2) is 0 Å². The molecule has 6 heteroatoms. The molecule has 5 nitrogen and oxygen atoms in total. The molecule has 0 bridgehead atoms. The number of carbonyl (C=O) groups excluding carboxylic acids is 1. The van der Waals surface area contributed by atoms with E-state index >= 15 is 0 Å². The number of hydrogen-bond acceptors (Lipinski definition) is 5. The van der Waals surface area contributed by atoms with Crippen LogP contribution in [0.2, 0.25) is 0 Å². The fraction of sp³-hybridized carbons (Fsp3) is 0.889. The fourth-order valence-corrected chi connectivity index (χ4v) is 2.67. The van der Waals surface area contributed by atoms with Crippen LogP contribution < -0.4 is 0 Å². The maximum atomic E-state index is 12.0. The molecule has 0 aromatic heterocycles. The third-order valence-corrected chi connectivity index (χ3v) is 3.58. The summed E-state index contributed by atoms with van der Waals surface area (Å²) in [6.07, 6.45) is -0.245. The van der Waals surface area contributed by atoms with E-state index in [1.165, 1.54) is 0 Å². The average molecular weight is 238 g/mol. The zero-order chi connectivity index (χ0) is 11.7. The van der Waals surface area contributed by atoms with Gasteiger partial charge in [0.2, 0.25) is 7.37 Å². The molecule has 0 fully saturated rings. The van der Waals surface area contributed by atoms with Crippen LogP contribution in [0.1, 0.15) is 20.8 Å². The van der Waals surface area contributed by atoms with Crippen molar-refractivity contribution in [1.82, 2.24) is 0 Å². The second-order valence-corrected chi connectivity index (χ2v) is 5.28. The standard InChI is InChI=1S/C9H19O5P/c1-4-12-8-15(11,14-6-3)7-9(10)13-5-2/h4-8H2,1-3H3. The normalized spacial score (nSPS) is 14.6. The van der Waals surface area contributed by atoms with Gasteiger partial charge < -0.3 is 14.0 Å². The van der Waals surface area contributed by atoms with Gasteiger partial charge in [-0.15, -0.1) is 0 Å². The first kappa shape index (κ1) is 14.6. The minimum atomic E-state index is -3.02. The fourth-order valence-electron chi connectivity index (χ4n) is 0.998. The van der Waals surface area contributed by atoms with Gasteiger partial charge in [0.15, 0.2) is 0 Å². The van der Waals surface area contributed by atoms with E-state index in [1.807, 2.05) is 0 Å². The van der Waals surface area contributed by atoms with Crippen molar-refractivity contribution in [3.05, 3.63) is 0 Å². The van der Waals surface area contributed by atoms with Crippen molar-refractivity contribution in [2.45, 2.75) is 20.8 Å². The Balaban J connectivity index is 4.23. The number of esters is 1. The smallest absolute Gasteiger partial charge is 0.315 e. The van der Waals surface area contributed by atoms with Crippen molar-refractivity contribution in [3.63, 3.8) is 0 Å². The predicted molar refractivity (Wildman–Crippen MR) is 57.2 cm³/mol. The highest BCUT2D eigenvalue weighted by Gasteiger charge is 2.27. The molecule has 0 heterocycles. The molecule has 90 valence electrons. The minimum absolute atomic E-state index is 0.0316. The molecule has 0 saturated heterocycles. The second kappa shape index (κ2) is 7.85. The summed E-state index contributed by atoms with van der Waals surface area (Å²) in [6.45, 7) is 6.24. The first-order valence-corrected chi connectivity index (χ1v) is 7.03. The van der Waals surface area contributed by atoms with E-state index in [0.29, 0.717) is 13.2 Å². The quantitative estimate of drug-likeness (QED) is 0.477. The summed E-state index contributed by atoms with van der Waals surface area (Å²) >= 11 is 0. The first-order valence-electron chi connectivity index (χ1n) is 5.04. The third-order valence-electron chi connectivity index (χ3n) is 1.53. The molecule has 0 rings (SSSR count). The predicted octanol–water partition coefficient (Wildman–Crippen LogP) is 1.86. The average Bonchev–Trinajstić information content (AvgIpc) is 2.15. The van der Waals surface area contributed by atoms with Gasteiger partial charge in [0.1, 0.15) is 12.5 Å². The second-order valence-electron chi connectivity index (χ2n) is 2.82. The van der Waals surface area contributed by atoms with Crippen molar-refractivity contribution >= 4 is 13.3 Å². The zero-order valence-corrected chi connectivity index (χ0v) is 10.4. The molecule has 1 unspecified atom stereocenters. The molecular formula is C9H19O5P. The third kappa shape index (κ3) is 6.66. The van der Waals surface area contributed by atoms with E-state index in [9.17, 15) is 9.36 Å². The van der Waals surface area contributed by atoms with E-state index in [4.69, 9.17) is 14.0 Å². The van der Waals surface area contributed by atoms with E-state index < -0.39 is 13.3 Å². The van der Waals surface area contributed by atoms with Gasteiger partial charge >= 0.3 is 5.97 Å². The molecule has 0 aliphatic rings. The Bertz CT molecular complexity index is 229. The van der Waals surface area contributed by atoms with Crippen LogP contribution in [0, 0.1) is 0 Å². The molecule has 0 saturated carbocycles. The minimum Gasteiger partial charge on any atom is -0.466 e. The molecular weight excluding hydrogens is 219 g/mol. The summed E-state index contributed by atoms with van der Waals surface area (Å²) in [5.74, 6) is -0.506. The summed E-state index contributed by atoms with van der Waals surface area (Å²) in [6, 6.07) is 0. The Hall–Kier alpha value is -0.380. The Morgan fingerprint density at radius 2 is 1.80 bits per heavy atom. The van der Waals surface area contributed by atoms with Crippen molar-refractivity contribution in [1.29, 1.82) is 0 Å². The Morgan fingerprint density at radius 3 is 2.27 bits per heavy atom. The monoisotopic (exact) mass is 238 g/mol. The molecule has 1 atom stereocenters. The highest BCUT2D eigenvalue weighted by atomic mass is 31.2. The van der Waals surface area contributed by atoms with Crippen LogP contribution in [0.4, 0.5) is 0 Å². The SMILES string of the molecule is CCOCP(=O)(CC(=O)OCC)OCC. The summed E-state index contributed by atoms with van der Waals surface area (Å²) in [5, 5.41) is 0. The molecule has 0 radical (unpaired) electrons. The van der Waals surface area contributed by atoms with Crippen LogP contribution in [-0.2, 0) is 23.4 Å². The van der Waals surface area contributed by atoms with E-state index in [1.54, 1.807) is 20.8 Å². The Labute approximate surface area is 90.5 Å². The van der Waals surface area contributed by atoms with Crippen LogP contribution in [0.5, 0.6) is 0 Å². The maximum Gasteiger partial charge on any atom is 0.315 e. The lowest BCUT2D eigenvalue weighted by Gasteiger charge is -2.16. The van der Waals surface area contributed by atoms with Gasteiger partial charge in [-0.2, -0.15) is 0 Å². The number of hydrogen-bond donors (Lipinski definition) is 0. The van der Waals surface area contributed by atoms with Crippen LogP contribution in [-0.4, -0.2) is 38.3 Å². The van der Waals surface area contributed by atoms with Crippen LogP contribution in [0.15, 0.2) is 0 Å². The number of rotatable bonds is 8. The van der Waals surface area contributed by atoms with E-state index in [0.717, 1.165) is 0 Å². The van der Waals surface area contributed by atoms with Crippen molar-refractivity contribution in [2.24, 2.45) is 0 Å². The van der Waals surface area contributed by atoms with Crippen molar-refractivity contribution < 1.29 is 23.4 Å². The van der Waals surface area contributed by atoms with Crippen LogP contribution in [0.25, 0.3) is 0 Å². The molecule has 15 heavy (non-hydrogen) atoms. The lowest BCUT2D eigenvalue weighted by atomic mass is 10.8. The zero-order valence-electron chi connectivity index (χ0n) is 9.52. The molecule has 0 spiro atoms. The van der Waals surface area contributed by atoms with Crippen LogP contribution >= 0.6 is 7.37 Å². The van der Waals surface area contributed by atoms with Crippen LogP contribution in [0.3, 0.4) is 0 Å². The molecule has 0 amide bonds. The highest BCUT2D eigenvalue weighted by Crippen LogP contribution is 2.46. The van der Waals surface area contributed by atoms with Gasteiger partial charge in [0.05, 0.1) is 13.2 Å². The van der Waals surface area contributed by atoms with Gasteiger partial charge in [-0.1, -0.05) is 0 Å². The van der Waals surface area contributed by atoms with Crippen molar-refractivity contribution in [3.8, 4) is 0 Å². The summed E-state index contributed by atoms with van der Waals surface area (Å²) < 4.78 is 26.8. The van der Waals surface area contributed by atoms with E-state index in [2.05, 4.69) is 0 Å². The highest BCUT2D eigenvalue weighted by molar-refractivity contribution is 7.59. The van der Waals surface area contributed by atoms with Crippen molar-refractivity contribution in [2.75, 3.05) is 32.3 Å². The summed E-state index contributed by atoms with van der Waals surface area (Å²) in [4.78, 5) is 11.2. The molecule has 0 N–H and O–H groups in total. The van der Waals surface area contributed by atoms with E-state index in [-0.39, 0.29) is 19.1 Å². The Morgan fingerprint density at radius 1 is 1.13 bits per heavy atom.